The fourth-order valence-corrected chi connectivity index (χ4v) is 3.54. The van der Waals surface area contributed by atoms with Crippen LogP contribution >= 0.6 is 0 Å². The summed E-state index contributed by atoms with van der Waals surface area (Å²) in [5.74, 6) is 0.646. The minimum atomic E-state index is -0.0259. The maximum atomic E-state index is 12.7. The molecule has 0 bridgehead atoms. The van der Waals surface area contributed by atoms with Crippen molar-refractivity contribution in [2.75, 3.05) is 6.54 Å². The summed E-state index contributed by atoms with van der Waals surface area (Å²) in [6.45, 7) is 9.23. The van der Waals surface area contributed by atoms with E-state index >= 15 is 0 Å². The van der Waals surface area contributed by atoms with Gasteiger partial charge in [-0.3, -0.25) is 4.79 Å². The third-order valence-corrected chi connectivity index (χ3v) is 5.11. The van der Waals surface area contributed by atoms with Gasteiger partial charge < -0.3 is 9.72 Å². The van der Waals surface area contributed by atoms with E-state index in [1.165, 1.54) is 11.1 Å². The van der Waals surface area contributed by atoms with Gasteiger partial charge in [-0.1, -0.05) is 44.2 Å². The highest BCUT2D eigenvalue weighted by Crippen LogP contribution is 2.31. The van der Waals surface area contributed by atoms with Gasteiger partial charge in [0.25, 0.3) is 0 Å². The van der Waals surface area contributed by atoms with Crippen molar-refractivity contribution in [3.8, 4) is 0 Å². The zero-order chi connectivity index (χ0) is 19.4. The van der Waals surface area contributed by atoms with Crippen molar-refractivity contribution >= 4 is 11.6 Å². The van der Waals surface area contributed by atoms with Crippen LogP contribution in [0.1, 0.15) is 55.0 Å². The van der Waals surface area contributed by atoms with Gasteiger partial charge >= 0.3 is 0 Å². The highest BCUT2D eigenvalue weighted by Gasteiger charge is 2.23. The minimum absolute atomic E-state index is 0.0259. The van der Waals surface area contributed by atoms with E-state index in [0.29, 0.717) is 12.3 Å². The van der Waals surface area contributed by atoms with E-state index in [9.17, 15) is 4.79 Å². The summed E-state index contributed by atoms with van der Waals surface area (Å²) in [7, 11) is 0. The van der Waals surface area contributed by atoms with Crippen molar-refractivity contribution < 1.29 is 4.79 Å². The lowest BCUT2D eigenvalue weighted by Gasteiger charge is -2.19. The molecule has 4 nitrogen and oxygen atoms in total. The van der Waals surface area contributed by atoms with Crippen molar-refractivity contribution in [1.29, 1.82) is 0 Å². The standard InChI is InChI=1S/C23H29N3O/c1-16(2)11-12-24-22(27)14-20(19-10-6-5-8-17(19)3)21-15-25-23-18(4)9-7-13-26(21)23/h5-10,13,15-16,20H,11-12,14H2,1-4H3,(H,24,27). The zero-order valence-corrected chi connectivity index (χ0v) is 16.7. The molecule has 0 aliphatic carbocycles. The molecule has 0 spiro atoms. The molecule has 27 heavy (non-hydrogen) atoms. The average molecular weight is 364 g/mol. The van der Waals surface area contributed by atoms with Crippen LogP contribution in [0.3, 0.4) is 0 Å². The molecule has 1 amide bonds. The largest absolute Gasteiger partial charge is 0.356 e. The fraction of sp³-hybridized carbons (Fsp3) is 0.391. The molecule has 4 heteroatoms. The Morgan fingerprint density at radius 2 is 1.85 bits per heavy atom. The first-order valence-electron chi connectivity index (χ1n) is 9.72. The van der Waals surface area contributed by atoms with E-state index in [0.717, 1.165) is 29.9 Å². The van der Waals surface area contributed by atoms with Crippen LogP contribution in [0.5, 0.6) is 0 Å². The molecule has 3 aromatic rings. The molecule has 0 fully saturated rings. The first-order chi connectivity index (χ1) is 13.0. The predicted octanol–water partition coefficient (Wildman–Crippen LogP) is 4.64. The highest BCUT2D eigenvalue weighted by atomic mass is 16.1. The van der Waals surface area contributed by atoms with Crippen LogP contribution in [0, 0.1) is 19.8 Å². The molecule has 2 aromatic heterocycles. The SMILES string of the molecule is Cc1ccccc1C(CC(=O)NCCC(C)C)c1cnc2c(C)cccn12. The normalized spacial score (nSPS) is 12.5. The van der Waals surface area contributed by atoms with Gasteiger partial charge in [0.1, 0.15) is 5.65 Å². The van der Waals surface area contributed by atoms with Gasteiger partial charge in [0.05, 0.1) is 5.69 Å². The Kier molecular flexibility index (Phi) is 5.94. The van der Waals surface area contributed by atoms with Crippen molar-refractivity contribution in [3.63, 3.8) is 0 Å². The number of carbonyl (C=O) groups excluding carboxylic acids is 1. The second-order valence-corrected chi connectivity index (χ2v) is 7.71. The number of pyridine rings is 1. The Labute approximate surface area is 161 Å². The van der Waals surface area contributed by atoms with Crippen molar-refractivity contribution in [2.24, 2.45) is 5.92 Å². The first-order valence-corrected chi connectivity index (χ1v) is 9.72. The third kappa shape index (κ3) is 4.38. The molecule has 1 N–H and O–H groups in total. The van der Waals surface area contributed by atoms with E-state index in [1.54, 1.807) is 0 Å². The maximum Gasteiger partial charge on any atom is 0.221 e. The van der Waals surface area contributed by atoms with E-state index in [2.05, 4.69) is 60.6 Å². The molecule has 0 saturated heterocycles. The molecule has 1 atom stereocenters. The Balaban J connectivity index is 1.94. The number of rotatable bonds is 7. The van der Waals surface area contributed by atoms with E-state index in [4.69, 9.17) is 0 Å². The fourth-order valence-electron chi connectivity index (χ4n) is 3.54. The number of aryl methyl sites for hydroxylation is 2. The van der Waals surface area contributed by atoms with E-state index < -0.39 is 0 Å². The van der Waals surface area contributed by atoms with Gasteiger partial charge in [-0.2, -0.15) is 0 Å². The minimum Gasteiger partial charge on any atom is -0.356 e. The topological polar surface area (TPSA) is 46.4 Å². The van der Waals surface area contributed by atoms with E-state index in [1.807, 2.05) is 30.6 Å². The number of hydrogen-bond acceptors (Lipinski definition) is 2. The monoisotopic (exact) mass is 363 g/mol. The predicted molar refractivity (Wildman–Crippen MR) is 110 cm³/mol. The lowest BCUT2D eigenvalue weighted by atomic mass is 9.89. The van der Waals surface area contributed by atoms with Gasteiger partial charge in [-0.05, 0) is 48.9 Å². The Morgan fingerprint density at radius 1 is 1.11 bits per heavy atom. The van der Waals surface area contributed by atoms with Crippen LogP contribution in [0.2, 0.25) is 0 Å². The number of amides is 1. The van der Waals surface area contributed by atoms with Crippen LogP contribution in [0.25, 0.3) is 5.65 Å². The number of fused-ring (bicyclic) bond motifs is 1. The quantitative estimate of drug-likeness (QED) is 0.665. The van der Waals surface area contributed by atoms with Crippen LogP contribution in [-0.4, -0.2) is 21.8 Å². The van der Waals surface area contributed by atoms with Gasteiger partial charge in [0.15, 0.2) is 0 Å². The van der Waals surface area contributed by atoms with Crippen molar-refractivity contribution in [1.82, 2.24) is 14.7 Å². The molecular weight excluding hydrogens is 334 g/mol. The molecule has 3 rings (SSSR count). The number of imidazole rings is 1. The van der Waals surface area contributed by atoms with Crippen LogP contribution in [-0.2, 0) is 4.79 Å². The summed E-state index contributed by atoms with van der Waals surface area (Å²) < 4.78 is 2.12. The first kappa shape index (κ1) is 19.2. The maximum absolute atomic E-state index is 12.7. The number of nitrogens with zero attached hydrogens (tertiary/aromatic N) is 2. The lowest BCUT2D eigenvalue weighted by Crippen LogP contribution is -2.27. The smallest absolute Gasteiger partial charge is 0.221 e. The highest BCUT2D eigenvalue weighted by molar-refractivity contribution is 5.77. The number of aromatic nitrogens is 2. The molecule has 0 aliphatic heterocycles. The Hall–Kier alpha value is -2.62. The zero-order valence-electron chi connectivity index (χ0n) is 16.7. The van der Waals surface area contributed by atoms with Gasteiger partial charge in [-0.15, -0.1) is 0 Å². The van der Waals surface area contributed by atoms with E-state index in [-0.39, 0.29) is 11.8 Å². The van der Waals surface area contributed by atoms with Crippen LogP contribution < -0.4 is 5.32 Å². The molecular formula is C23H29N3O. The molecule has 0 aliphatic rings. The Morgan fingerprint density at radius 3 is 2.59 bits per heavy atom. The molecule has 142 valence electrons. The van der Waals surface area contributed by atoms with Crippen molar-refractivity contribution in [2.45, 2.75) is 46.5 Å². The van der Waals surface area contributed by atoms with Crippen molar-refractivity contribution in [3.05, 3.63) is 71.2 Å². The number of benzene rings is 1. The average Bonchev–Trinajstić information content (AvgIpc) is 3.05. The summed E-state index contributed by atoms with van der Waals surface area (Å²) in [6, 6.07) is 12.4. The molecule has 2 heterocycles. The second-order valence-electron chi connectivity index (χ2n) is 7.71. The Bertz CT molecular complexity index is 926. The number of hydrogen-bond donors (Lipinski definition) is 1. The second kappa shape index (κ2) is 8.38. The lowest BCUT2D eigenvalue weighted by molar-refractivity contribution is -0.121. The van der Waals surface area contributed by atoms with Crippen LogP contribution in [0.4, 0.5) is 0 Å². The summed E-state index contributed by atoms with van der Waals surface area (Å²) in [5, 5.41) is 3.09. The summed E-state index contributed by atoms with van der Waals surface area (Å²) >= 11 is 0. The van der Waals surface area contributed by atoms with Crippen LogP contribution in [0.15, 0.2) is 48.8 Å². The molecule has 1 unspecified atom stereocenters. The summed E-state index contributed by atoms with van der Waals surface area (Å²) in [6.07, 6.45) is 5.37. The summed E-state index contributed by atoms with van der Waals surface area (Å²) in [4.78, 5) is 17.3. The molecule has 0 saturated carbocycles. The number of nitrogens with one attached hydrogen (secondary N) is 1. The molecule has 0 radical (unpaired) electrons. The molecule has 1 aromatic carbocycles. The van der Waals surface area contributed by atoms with Gasteiger partial charge in [-0.25, -0.2) is 4.98 Å². The summed E-state index contributed by atoms with van der Waals surface area (Å²) in [5.41, 5.74) is 5.52. The number of carbonyl (C=O) groups is 1. The van der Waals surface area contributed by atoms with Gasteiger partial charge in [0.2, 0.25) is 5.91 Å². The third-order valence-electron chi connectivity index (χ3n) is 5.11. The van der Waals surface area contributed by atoms with Gasteiger partial charge in [0, 0.05) is 31.3 Å².